The molecule has 0 aromatic heterocycles. The van der Waals surface area contributed by atoms with Crippen LogP contribution in [0.4, 0.5) is 22.7 Å². The molecule has 6 heteroatoms. The minimum atomic E-state index is 0.775. The molecule has 4 aromatic carbocycles. The average Bonchev–Trinajstić information content (AvgIpc) is 2.91. The second-order valence-corrected chi connectivity index (χ2v) is 7.31. The number of methoxy groups -OCH3 is 2. The van der Waals surface area contributed by atoms with E-state index in [4.69, 9.17) is 9.47 Å². The summed E-state index contributed by atoms with van der Waals surface area (Å²) in [6.07, 6.45) is 4.11. The van der Waals surface area contributed by atoms with Crippen LogP contribution in [0.2, 0.25) is 0 Å². The van der Waals surface area contributed by atoms with Gasteiger partial charge in [-0.15, -0.1) is 0 Å². The van der Waals surface area contributed by atoms with Gasteiger partial charge >= 0.3 is 0 Å². The number of benzene rings is 4. The van der Waals surface area contributed by atoms with Crippen molar-refractivity contribution in [1.82, 2.24) is 0 Å². The Hall–Kier alpha value is -4.58. The molecule has 6 nitrogen and oxygen atoms in total. The number of rotatable bonds is 8. The molecule has 0 radical (unpaired) electrons. The molecule has 168 valence electrons. The van der Waals surface area contributed by atoms with Gasteiger partial charge in [0.05, 0.1) is 37.0 Å². The highest BCUT2D eigenvalue weighted by atomic mass is 16.5. The molecule has 0 atom stereocenters. The lowest BCUT2D eigenvalue weighted by molar-refractivity contribution is 0.414. The smallest absolute Gasteiger partial charge is 0.119 e. The monoisotopic (exact) mass is 448 g/mol. The highest BCUT2D eigenvalue weighted by molar-refractivity contribution is 5.70. The Bertz CT molecular complexity index is 1170. The van der Waals surface area contributed by atoms with Gasteiger partial charge in [-0.25, -0.2) is 0 Å². The molecule has 4 aromatic rings. The Balaban J connectivity index is 1.33. The molecule has 0 saturated carbocycles. The summed E-state index contributed by atoms with van der Waals surface area (Å²) in [6, 6.07) is 30.7. The Labute approximate surface area is 198 Å². The first-order valence-corrected chi connectivity index (χ1v) is 10.7. The third-order valence-electron chi connectivity index (χ3n) is 4.96. The summed E-state index contributed by atoms with van der Waals surface area (Å²) < 4.78 is 10.3. The molecular weight excluding hydrogens is 424 g/mol. The third kappa shape index (κ3) is 6.46. The molecule has 0 fully saturated rings. The Morgan fingerprint density at radius 3 is 0.941 bits per heavy atom. The lowest BCUT2D eigenvalue weighted by Crippen LogP contribution is -1.79. The maximum Gasteiger partial charge on any atom is 0.119 e. The molecule has 0 spiro atoms. The Morgan fingerprint density at radius 2 is 0.676 bits per heavy atom. The van der Waals surface area contributed by atoms with Crippen LogP contribution in [0.15, 0.2) is 118 Å². The third-order valence-corrected chi connectivity index (χ3v) is 4.96. The Morgan fingerprint density at radius 1 is 0.412 bits per heavy atom. The van der Waals surface area contributed by atoms with Crippen molar-refractivity contribution < 1.29 is 9.47 Å². The van der Waals surface area contributed by atoms with Crippen molar-refractivity contribution in [3.63, 3.8) is 0 Å². The molecule has 34 heavy (non-hydrogen) atoms. The topological polar surface area (TPSA) is 67.9 Å². The van der Waals surface area contributed by atoms with Gasteiger partial charge in [-0.1, -0.05) is 36.4 Å². The van der Waals surface area contributed by atoms with Gasteiger partial charge in [-0.05, 0) is 83.9 Å². The Kier molecular flexibility index (Phi) is 7.54. The normalized spacial score (nSPS) is 11.5. The fourth-order valence-electron chi connectivity index (χ4n) is 3.03. The minimum Gasteiger partial charge on any atom is -0.497 e. The van der Waals surface area contributed by atoms with Crippen LogP contribution in [0.3, 0.4) is 0 Å². The van der Waals surface area contributed by atoms with Crippen LogP contribution in [-0.2, 0) is 0 Å². The first-order chi connectivity index (χ1) is 16.7. The van der Waals surface area contributed by atoms with Crippen molar-refractivity contribution in [3.05, 3.63) is 108 Å². The van der Waals surface area contributed by atoms with Gasteiger partial charge in [-0.3, -0.25) is 0 Å². The molecule has 0 aliphatic carbocycles. The van der Waals surface area contributed by atoms with Crippen molar-refractivity contribution in [1.29, 1.82) is 0 Å². The van der Waals surface area contributed by atoms with Gasteiger partial charge in [0.1, 0.15) is 11.5 Å². The van der Waals surface area contributed by atoms with Crippen molar-refractivity contribution in [3.8, 4) is 11.5 Å². The second kappa shape index (κ2) is 11.3. The predicted molar refractivity (Wildman–Crippen MR) is 136 cm³/mol. The quantitative estimate of drug-likeness (QED) is 0.200. The summed E-state index contributed by atoms with van der Waals surface area (Å²) in [5.41, 5.74) is 5.28. The summed E-state index contributed by atoms with van der Waals surface area (Å²) >= 11 is 0. The minimum absolute atomic E-state index is 0.775. The number of nitrogens with zero attached hydrogens (tertiary/aromatic N) is 4. The van der Waals surface area contributed by atoms with Crippen LogP contribution in [0.1, 0.15) is 11.1 Å². The zero-order valence-corrected chi connectivity index (χ0v) is 19.0. The summed E-state index contributed by atoms with van der Waals surface area (Å²) in [5, 5.41) is 17.1. The highest BCUT2D eigenvalue weighted by Gasteiger charge is 1.96. The lowest BCUT2D eigenvalue weighted by Gasteiger charge is -1.99. The first-order valence-electron chi connectivity index (χ1n) is 10.7. The van der Waals surface area contributed by atoms with E-state index in [2.05, 4.69) is 32.6 Å². The fourth-order valence-corrected chi connectivity index (χ4v) is 3.03. The van der Waals surface area contributed by atoms with Gasteiger partial charge in [0.25, 0.3) is 0 Å². The maximum absolute atomic E-state index is 5.15. The molecule has 0 saturated heterocycles. The van der Waals surface area contributed by atoms with E-state index in [-0.39, 0.29) is 0 Å². The van der Waals surface area contributed by atoms with Crippen LogP contribution in [-0.4, -0.2) is 14.2 Å². The average molecular weight is 449 g/mol. The van der Waals surface area contributed by atoms with E-state index in [0.717, 1.165) is 45.4 Å². The van der Waals surface area contributed by atoms with Crippen molar-refractivity contribution in [2.75, 3.05) is 14.2 Å². The molecule has 0 aliphatic heterocycles. The molecule has 0 unspecified atom stereocenters. The summed E-state index contributed by atoms with van der Waals surface area (Å²) in [6.45, 7) is 0. The maximum atomic E-state index is 5.15. The fraction of sp³-hybridized carbons (Fsp3) is 0.0714. The first kappa shape index (κ1) is 22.6. The van der Waals surface area contributed by atoms with E-state index in [1.165, 1.54) is 0 Å². The largest absolute Gasteiger partial charge is 0.497 e. The highest BCUT2D eigenvalue weighted by Crippen LogP contribution is 2.23. The summed E-state index contributed by atoms with van der Waals surface area (Å²) in [4.78, 5) is 0. The van der Waals surface area contributed by atoms with Crippen molar-refractivity contribution in [2.24, 2.45) is 20.5 Å². The zero-order chi connectivity index (χ0) is 23.6. The molecule has 0 amide bonds. The van der Waals surface area contributed by atoms with Crippen LogP contribution in [0, 0.1) is 0 Å². The summed E-state index contributed by atoms with van der Waals surface area (Å²) in [5.74, 6) is 1.59. The van der Waals surface area contributed by atoms with E-state index < -0.39 is 0 Å². The van der Waals surface area contributed by atoms with Gasteiger partial charge < -0.3 is 9.47 Å². The van der Waals surface area contributed by atoms with Gasteiger partial charge in [0, 0.05) is 0 Å². The number of hydrogen-bond acceptors (Lipinski definition) is 6. The predicted octanol–water partition coefficient (Wildman–Crippen LogP) is 8.71. The number of ether oxygens (including phenoxy) is 2. The van der Waals surface area contributed by atoms with E-state index in [1.807, 2.05) is 97.1 Å². The molecular formula is C28H24N4O2. The van der Waals surface area contributed by atoms with Crippen molar-refractivity contribution in [2.45, 2.75) is 0 Å². The molecule has 0 N–H and O–H groups in total. The SMILES string of the molecule is COc1ccc(/N=N/c2ccc(/C=C/c3ccc(/N=N/c4ccc(OC)cc4)cc3)cc2)cc1. The van der Waals surface area contributed by atoms with E-state index >= 15 is 0 Å². The molecule has 4 rings (SSSR count). The van der Waals surface area contributed by atoms with Gasteiger partial charge in [-0.2, -0.15) is 20.5 Å². The standard InChI is InChI=1S/C28H24N4O2/c1-33-27-17-13-25(14-18-27)31-29-23-9-5-21(6-10-23)3-4-22-7-11-24(12-8-22)30-32-26-15-19-28(34-2)20-16-26/h3-20H,1-2H3/b4-3+,31-29+,32-30+. The van der Waals surface area contributed by atoms with Gasteiger partial charge in [0.2, 0.25) is 0 Å². The van der Waals surface area contributed by atoms with Crippen LogP contribution in [0.25, 0.3) is 12.2 Å². The van der Waals surface area contributed by atoms with Crippen LogP contribution < -0.4 is 9.47 Å². The van der Waals surface area contributed by atoms with Gasteiger partial charge in [0.15, 0.2) is 0 Å². The van der Waals surface area contributed by atoms with Crippen molar-refractivity contribution >= 4 is 34.9 Å². The van der Waals surface area contributed by atoms with E-state index in [9.17, 15) is 0 Å². The number of azo groups is 2. The van der Waals surface area contributed by atoms with E-state index in [0.29, 0.717) is 0 Å². The number of hydrogen-bond donors (Lipinski definition) is 0. The molecule has 0 bridgehead atoms. The van der Waals surface area contributed by atoms with Crippen LogP contribution >= 0.6 is 0 Å². The second-order valence-electron chi connectivity index (χ2n) is 7.31. The molecule has 0 aliphatic rings. The van der Waals surface area contributed by atoms with E-state index in [1.54, 1.807) is 14.2 Å². The van der Waals surface area contributed by atoms with Crippen LogP contribution in [0.5, 0.6) is 11.5 Å². The summed E-state index contributed by atoms with van der Waals surface area (Å²) in [7, 11) is 3.28. The zero-order valence-electron chi connectivity index (χ0n) is 19.0. The molecule has 0 heterocycles. The lowest BCUT2D eigenvalue weighted by atomic mass is 10.1.